The molecule has 1 fully saturated rings. The molecule has 0 aromatic carbocycles. The average molecular weight is 469 g/mol. The second-order valence-electron chi connectivity index (χ2n) is 11.9. The Morgan fingerprint density at radius 3 is 1.77 bits per heavy atom. The van der Waals surface area contributed by atoms with Gasteiger partial charge in [-0.3, -0.25) is 0 Å². The highest BCUT2D eigenvalue weighted by Crippen LogP contribution is 2.51. The lowest BCUT2D eigenvalue weighted by Gasteiger charge is -2.43. The van der Waals surface area contributed by atoms with Crippen molar-refractivity contribution >= 4 is 16.6 Å². The standard InChI is InChI=1S/C27H56O2Si2/c1-14-15-16-17-26-25(13)27(29-31(26,22(8)9)23(10)11)24(12)18-28-30(19(2)3,20(4)5)21(6)7/h17,19-25,27H,14-16,18H2,1-13H3/b26-17+/t24-,25+,27-/m0/s1. The summed E-state index contributed by atoms with van der Waals surface area (Å²) in [6.45, 7) is 31.9. The number of unbranched alkanes of at least 4 members (excludes halogenated alkanes) is 2. The maximum atomic E-state index is 7.24. The fourth-order valence-corrected chi connectivity index (χ4v) is 17.9. The first-order valence-electron chi connectivity index (χ1n) is 13.3. The fraction of sp³-hybridized carbons (Fsp3) is 0.926. The summed E-state index contributed by atoms with van der Waals surface area (Å²) >= 11 is 0. The molecule has 1 heterocycles. The number of hydrogen-bond acceptors (Lipinski definition) is 2. The minimum Gasteiger partial charge on any atom is -0.416 e. The molecule has 0 N–H and O–H groups in total. The van der Waals surface area contributed by atoms with Gasteiger partial charge in [-0.1, -0.05) is 114 Å². The molecule has 1 rings (SSSR count). The Bertz CT molecular complexity index is 536. The van der Waals surface area contributed by atoms with Crippen LogP contribution in [0.2, 0.25) is 27.7 Å². The summed E-state index contributed by atoms with van der Waals surface area (Å²) in [5, 5.41) is 1.70. The maximum absolute atomic E-state index is 7.24. The summed E-state index contributed by atoms with van der Waals surface area (Å²) in [5.41, 5.74) is 3.11. The van der Waals surface area contributed by atoms with Crippen LogP contribution in [0.5, 0.6) is 0 Å². The van der Waals surface area contributed by atoms with Gasteiger partial charge in [0.2, 0.25) is 8.32 Å². The highest BCUT2D eigenvalue weighted by atomic mass is 28.4. The summed E-state index contributed by atoms with van der Waals surface area (Å²) in [7, 11) is -3.82. The Balaban J connectivity index is 3.20. The molecule has 0 saturated carbocycles. The molecule has 2 nitrogen and oxygen atoms in total. The van der Waals surface area contributed by atoms with Crippen molar-refractivity contribution in [3.05, 3.63) is 11.3 Å². The molecule has 0 bridgehead atoms. The lowest BCUT2D eigenvalue weighted by atomic mass is 9.93. The van der Waals surface area contributed by atoms with Gasteiger partial charge in [0.05, 0.1) is 6.10 Å². The van der Waals surface area contributed by atoms with Gasteiger partial charge in [0, 0.05) is 18.4 Å². The van der Waals surface area contributed by atoms with Crippen molar-refractivity contribution in [2.75, 3.05) is 6.61 Å². The topological polar surface area (TPSA) is 18.5 Å². The van der Waals surface area contributed by atoms with E-state index in [-0.39, 0.29) is 0 Å². The first kappa shape index (κ1) is 29.1. The predicted octanol–water partition coefficient (Wildman–Crippen LogP) is 9.27. The SMILES string of the molecule is CCCC/C=C1\[C@@H](C)[C@H]([C@@H](C)CO[Si](C(C)C)(C(C)C)C(C)C)O[Si]1(C(C)C)C(C)C. The van der Waals surface area contributed by atoms with Crippen LogP contribution in [-0.2, 0) is 8.85 Å². The minimum atomic E-state index is -1.98. The molecule has 0 unspecified atom stereocenters. The largest absolute Gasteiger partial charge is 0.416 e. The fourth-order valence-electron chi connectivity index (χ4n) is 6.82. The van der Waals surface area contributed by atoms with Crippen LogP contribution in [-0.4, -0.2) is 29.3 Å². The van der Waals surface area contributed by atoms with Crippen LogP contribution in [0, 0.1) is 11.8 Å². The lowest BCUT2D eigenvalue weighted by molar-refractivity contribution is 0.0822. The summed E-state index contributed by atoms with van der Waals surface area (Å²) in [5.74, 6) is 0.944. The van der Waals surface area contributed by atoms with E-state index in [1.807, 2.05) is 0 Å². The van der Waals surface area contributed by atoms with E-state index in [2.05, 4.69) is 96.1 Å². The van der Waals surface area contributed by atoms with Crippen LogP contribution in [0.1, 0.15) is 109 Å². The van der Waals surface area contributed by atoms with E-state index in [1.54, 1.807) is 5.20 Å². The molecular formula is C27H56O2Si2. The van der Waals surface area contributed by atoms with Gasteiger partial charge in [0.25, 0.3) is 0 Å². The highest BCUT2D eigenvalue weighted by Gasteiger charge is 2.56. The Labute approximate surface area is 198 Å². The lowest BCUT2D eigenvalue weighted by Crippen LogP contribution is -2.49. The molecule has 0 aromatic heterocycles. The smallest absolute Gasteiger partial charge is 0.225 e. The van der Waals surface area contributed by atoms with Gasteiger partial charge in [-0.25, -0.2) is 0 Å². The minimum absolute atomic E-state index is 0.294. The Hall–Kier alpha value is 0.0938. The molecule has 1 aliphatic heterocycles. The van der Waals surface area contributed by atoms with Crippen molar-refractivity contribution in [1.82, 2.24) is 0 Å². The molecule has 0 aliphatic carbocycles. The van der Waals surface area contributed by atoms with Crippen molar-refractivity contribution in [3.63, 3.8) is 0 Å². The molecule has 1 aliphatic rings. The van der Waals surface area contributed by atoms with Gasteiger partial charge >= 0.3 is 0 Å². The van der Waals surface area contributed by atoms with Crippen molar-refractivity contribution in [1.29, 1.82) is 0 Å². The zero-order valence-corrected chi connectivity index (χ0v) is 25.3. The normalized spacial score (nSPS) is 24.5. The zero-order valence-electron chi connectivity index (χ0n) is 23.3. The third kappa shape index (κ3) is 5.78. The average Bonchev–Trinajstić information content (AvgIpc) is 2.95. The van der Waals surface area contributed by atoms with Crippen LogP contribution in [0.15, 0.2) is 11.3 Å². The third-order valence-corrected chi connectivity index (χ3v) is 20.0. The van der Waals surface area contributed by atoms with Crippen molar-refractivity contribution in [2.45, 2.75) is 143 Å². The van der Waals surface area contributed by atoms with Gasteiger partial charge < -0.3 is 8.85 Å². The van der Waals surface area contributed by atoms with Crippen LogP contribution < -0.4 is 0 Å². The Kier molecular flexibility index (Phi) is 11.3. The molecule has 184 valence electrons. The summed E-state index contributed by atoms with van der Waals surface area (Å²) in [6.07, 6.45) is 6.64. The molecule has 0 amide bonds. The second kappa shape index (κ2) is 12.0. The van der Waals surface area contributed by atoms with E-state index in [0.29, 0.717) is 45.6 Å². The van der Waals surface area contributed by atoms with Gasteiger partial charge in [0.15, 0.2) is 8.32 Å². The van der Waals surface area contributed by atoms with Crippen LogP contribution in [0.3, 0.4) is 0 Å². The first-order valence-corrected chi connectivity index (χ1v) is 17.5. The number of rotatable bonds is 12. The van der Waals surface area contributed by atoms with Crippen molar-refractivity contribution in [3.8, 4) is 0 Å². The maximum Gasteiger partial charge on any atom is 0.225 e. The van der Waals surface area contributed by atoms with E-state index in [1.165, 1.54) is 19.3 Å². The van der Waals surface area contributed by atoms with E-state index in [9.17, 15) is 0 Å². The highest BCUT2D eigenvalue weighted by molar-refractivity contribution is 6.84. The monoisotopic (exact) mass is 468 g/mol. The van der Waals surface area contributed by atoms with Crippen LogP contribution >= 0.6 is 0 Å². The zero-order chi connectivity index (χ0) is 24.1. The van der Waals surface area contributed by atoms with Crippen molar-refractivity contribution < 1.29 is 8.85 Å². The summed E-state index contributed by atoms with van der Waals surface area (Å²) in [4.78, 5) is 0. The number of hydrogen-bond donors (Lipinski definition) is 0. The molecule has 1 saturated heterocycles. The van der Waals surface area contributed by atoms with Gasteiger partial charge in [-0.05, 0) is 34.1 Å². The predicted molar refractivity (Wildman–Crippen MR) is 144 cm³/mol. The summed E-state index contributed by atoms with van der Waals surface area (Å²) in [6, 6.07) is 0. The Morgan fingerprint density at radius 1 is 0.903 bits per heavy atom. The van der Waals surface area contributed by atoms with E-state index in [4.69, 9.17) is 8.85 Å². The van der Waals surface area contributed by atoms with E-state index < -0.39 is 16.6 Å². The molecule has 4 heteroatoms. The van der Waals surface area contributed by atoms with Crippen molar-refractivity contribution in [2.24, 2.45) is 11.8 Å². The molecule has 0 radical (unpaired) electrons. The van der Waals surface area contributed by atoms with E-state index >= 15 is 0 Å². The molecular weight excluding hydrogens is 412 g/mol. The quantitative estimate of drug-likeness (QED) is 0.210. The van der Waals surface area contributed by atoms with Gasteiger partial charge in [0.1, 0.15) is 0 Å². The molecule has 31 heavy (non-hydrogen) atoms. The molecule has 0 spiro atoms. The number of allylic oxidation sites excluding steroid dienone is 1. The van der Waals surface area contributed by atoms with E-state index in [0.717, 1.165) is 6.61 Å². The summed E-state index contributed by atoms with van der Waals surface area (Å²) < 4.78 is 14.3. The second-order valence-corrected chi connectivity index (χ2v) is 22.0. The molecule has 0 aromatic rings. The van der Waals surface area contributed by atoms with Crippen LogP contribution in [0.4, 0.5) is 0 Å². The first-order chi connectivity index (χ1) is 14.3. The third-order valence-electron chi connectivity index (χ3n) is 8.27. The molecule has 3 atom stereocenters. The Morgan fingerprint density at radius 2 is 1.39 bits per heavy atom. The van der Waals surface area contributed by atoms with Crippen LogP contribution in [0.25, 0.3) is 0 Å². The van der Waals surface area contributed by atoms with Gasteiger partial charge in [-0.2, -0.15) is 0 Å². The van der Waals surface area contributed by atoms with Gasteiger partial charge in [-0.15, -0.1) is 0 Å².